The number of anilines is 3. The Morgan fingerprint density at radius 2 is 0.659 bits per heavy atom. The molecule has 732 valence electrons. The maximum Gasteiger partial charge on any atom is 0.264 e. The van der Waals surface area contributed by atoms with E-state index in [1.807, 2.05) is 75.4 Å². The molecule has 6 aromatic carbocycles. The average Bonchev–Trinajstić information content (AvgIpc) is 1.66. The summed E-state index contributed by atoms with van der Waals surface area (Å²) < 4.78 is 144. The van der Waals surface area contributed by atoms with Crippen LogP contribution in [0, 0.1) is 53.3 Å². The van der Waals surface area contributed by atoms with Gasteiger partial charge in [-0.25, -0.2) is 39.4 Å². The van der Waals surface area contributed by atoms with Crippen LogP contribution in [0.15, 0.2) is 146 Å². The number of aliphatic hydroxyl groups is 3. The Hall–Kier alpha value is -7.20. The Balaban J connectivity index is 0.000000147. The van der Waals surface area contributed by atoms with Gasteiger partial charge in [-0.15, -0.1) is 0 Å². The number of hydrogen-bond donors (Lipinski definition) is 6. The average molecular weight is 2030 g/mol. The van der Waals surface area contributed by atoms with Gasteiger partial charge in [0.05, 0.1) is 86.7 Å². The first-order valence-electron chi connectivity index (χ1n) is 47.6. The van der Waals surface area contributed by atoms with E-state index in [1.165, 1.54) is 33.4 Å². The van der Waals surface area contributed by atoms with E-state index in [-0.39, 0.29) is 103 Å². The van der Waals surface area contributed by atoms with E-state index in [2.05, 4.69) is 47.1 Å². The van der Waals surface area contributed by atoms with E-state index in [4.69, 9.17) is 49.0 Å². The van der Waals surface area contributed by atoms with Gasteiger partial charge < -0.3 is 44.2 Å². The van der Waals surface area contributed by atoms with Crippen LogP contribution in [0.25, 0.3) is 0 Å². The highest BCUT2D eigenvalue weighted by atomic mass is 35.5. The van der Waals surface area contributed by atoms with Crippen LogP contribution in [0.2, 0.25) is 15.1 Å². The van der Waals surface area contributed by atoms with Crippen LogP contribution in [-0.2, 0) is 98.0 Å². The number of allylic oxidation sites excluding steroid dienone is 3. The van der Waals surface area contributed by atoms with Crippen molar-refractivity contribution in [2.75, 3.05) is 110 Å². The van der Waals surface area contributed by atoms with E-state index in [0.717, 1.165) is 113 Å². The number of nitrogens with one attached hydrogen (secondary N) is 3. The standard InChI is InChI=1S/3C34H43ClN2O6S2/c3*1-22-6-4-15-34(39,21-44(3)40)29-11-8-26(29)18-37-19-33(14-5-7-24-16-27(35)10-12-28(24)33)20-43-31-13-9-25(17-30(31)37)32(38)36-45(41,42)23(22)2/h3*4,9-10,12-13,15-17,22-23,26,29,39H,5-8,11,14,18-21H2,1-3H3,(H,36,38)/b3*15-4+/t22-,23+,26-,29+,33-,34+,44-;22-,23+,26-,29+,33-,34-,44+;22-,23+,26-,29+,33-,34-,44-/m000/s1. The number of carbonyl (C=O) groups is 3. The van der Waals surface area contributed by atoms with Gasteiger partial charge in [-0.2, -0.15) is 0 Å². The molecule has 21 atom stereocenters. The minimum absolute atomic E-state index is 0.113. The van der Waals surface area contributed by atoms with Gasteiger partial charge in [0, 0.05) is 138 Å². The zero-order chi connectivity index (χ0) is 96.4. The molecule has 3 saturated carbocycles. The maximum atomic E-state index is 13.4. The van der Waals surface area contributed by atoms with Crippen molar-refractivity contribution in [1.82, 2.24) is 14.2 Å². The summed E-state index contributed by atoms with van der Waals surface area (Å²) in [6.45, 7) is 15.3. The maximum absolute atomic E-state index is 13.4. The van der Waals surface area contributed by atoms with E-state index >= 15 is 0 Å². The lowest BCUT2D eigenvalue weighted by Crippen LogP contribution is -2.54. The molecule has 24 nitrogen and oxygen atoms in total. The van der Waals surface area contributed by atoms with Gasteiger partial charge in [0.25, 0.3) is 17.7 Å². The van der Waals surface area contributed by atoms with Gasteiger partial charge in [0.15, 0.2) is 0 Å². The van der Waals surface area contributed by atoms with Crippen LogP contribution in [0.3, 0.4) is 0 Å². The van der Waals surface area contributed by atoms with E-state index < -0.39 is 113 Å². The summed E-state index contributed by atoms with van der Waals surface area (Å²) in [4.78, 5) is 47.1. The number of hydrogen-bond acceptors (Lipinski definition) is 21. The Bertz CT molecular complexity index is 5510. The van der Waals surface area contributed by atoms with Crippen LogP contribution in [0.4, 0.5) is 17.1 Å². The number of aryl methyl sites for hydroxylation is 3. The highest BCUT2D eigenvalue weighted by Gasteiger charge is 2.54. The second-order valence-corrected chi connectivity index (χ2v) is 52.9. The number of carbonyl (C=O) groups excluding carboxylic acids is 3. The third-order valence-electron chi connectivity index (χ3n) is 32.1. The molecule has 3 spiro atoms. The summed E-state index contributed by atoms with van der Waals surface area (Å²) in [6.07, 6.45) is 30.4. The number of sulfonamides is 3. The minimum Gasteiger partial charge on any atom is -0.490 e. The highest BCUT2D eigenvalue weighted by molar-refractivity contribution is 7.91. The fourth-order valence-electron chi connectivity index (χ4n) is 23.6. The van der Waals surface area contributed by atoms with Crippen LogP contribution in [0.1, 0.15) is 202 Å². The zero-order valence-electron chi connectivity index (χ0n) is 78.4. The number of amides is 3. The normalized spacial score (nSPS) is 34.2. The SMILES string of the molecule is C[C@@H]1[C@@H](C)C/C=C/[C@@](O)(C[S@](C)=O)[C@@H]2CC[C@H]2CN2C[C@@]3(CCCc4cc(Cl)ccc43)COc3ccc(cc32)C(=O)NS1(=O)=O.C[C@@H]1[C@@H](C)C/C=C/[C@](O)(C[S@@](C)=O)[C@@H]2CC[C@H]2CN2C[C@@]3(CCCc4cc(Cl)ccc43)COc3ccc(cc32)C(=O)NS1(=O)=O.C[C@@H]1[C@@H](C)C/C=C/[C@](O)(C[S@](C)=O)[C@@H]2CC[C@H]2CN2C[C@@]3(CCCc4cc(Cl)ccc43)COc3ccc(cc32)C(=O)NS1(=O)=O. The van der Waals surface area contributed by atoms with Gasteiger partial charge in [-0.05, 0) is 314 Å². The van der Waals surface area contributed by atoms with Crippen molar-refractivity contribution in [3.63, 3.8) is 0 Å². The Morgan fingerprint density at radius 1 is 0.393 bits per heavy atom. The second kappa shape index (κ2) is 40.1. The van der Waals surface area contributed by atoms with Gasteiger partial charge in [-0.3, -0.25) is 27.0 Å². The van der Waals surface area contributed by atoms with Crippen molar-refractivity contribution in [1.29, 1.82) is 0 Å². The lowest BCUT2D eigenvalue weighted by molar-refractivity contribution is -0.0287. The molecule has 0 radical (unpaired) electrons. The number of benzene rings is 6. The molecule has 33 heteroatoms. The molecular weight excluding hydrogens is 1900 g/mol. The first-order valence-corrected chi connectivity index (χ1v) is 58.6. The van der Waals surface area contributed by atoms with E-state index in [1.54, 1.807) is 112 Å². The predicted molar refractivity (Wildman–Crippen MR) is 537 cm³/mol. The molecule has 0 saturated heterocycles. The molecule has 6 heterocycles. The molecule has 6 bridgehead atoms. The monoisotopic (exact) mass is 2020 g/mol. The molecule has 6 aliphatic heterocycles. The first-order chi connectivity index (χ1) is 63.9. The van der Waals surface area contributed by atoms with Crippen molar-refractivity contribution in [3.8, 4) is 17.2 Å². The van der Waals surface area contributed by atoms with Crippen molar-refractivity contribution < 1.29 is 81.8 Å². The molecule has 0 aromatic heterocycles. The molecule has 3 amide bonds. The topological polar surface area (TPSA) is 339 Å². The largest absolute Gasteiger partial charge is 0.490 e. The molecule has 6 aliphatic carbocycles. The molecular formula is C102H129Cl3N6O18S6. The van der Waals surface area contributed by atoms with E-state index in [9.17, 15) is 67.6 Å². The molecule has 135 heavy (non-hydrogen) atoms. The fraction of sp³-hybridized carbons (Fsp3) is 0.559. The van der Waals surface area contributed by atoms with Gasteiger partial charge in [-0.1, -0.05) is 110 Å². The number of fused-ring (bicyclic) bond motifs is 12. The fourth-order valence-corrected chi connectivity index (χ4v) is 30.9. The van der Waals surface area contributed by atoms with Crippen LogP contribution < -0.4 is 43.1 Å². The molecule has 6 aromatic rings. The smallest absolute Gasteiger partial charge is 0.264 e. The Morgan fingerprint density at radius 3 is 0.904 bits per heavy atom. The number of nitrogens with zero attached hydrogens (tertiary/aromatic N) is 3. The quantitative estimate of drug-likeness (QED) is 0.0844. The lowest BCUT2D eigenvalue weighted by Gasteiger charge is -2.49. The number of ether oxygens (including phenoxy) is 3. The molecule has 3 fully saturated rings. The molecule has 18 rings (SSSR count). The van der Waals surface area contributed by atoms with E-state index in [0.29, 0.717) is 111 Å². The van der Waals surface area contributed by atoms with Crippen molar-refractivity contribution >= 4 is 132 Å². The summed E-state index contributed by atoms with van der Waals surface area (Å²) in [5.41, 5.74) is 5.42. The third-order valence-corrected chi connectivity index (χ3v) is 41.1. The third kappa shape index (κ3) is 21.3. The van der Waals surface area contributed by atoms with Gasteiger partial charge in [0.1, 0.15) is 17.2 Å². The Labute approximate surface area is 818 Å². The predicted octanol–water partition coefficient (Wildman–Crippen LogP) is 15.0. The highest BCUT2D eigenvalue weighted by Crippen LogP contribution is 2.54. The summed E-state index contributed by atoms with van der Waals surface area (Å²) in [7, 11) is -15.7. The van der Waals surface area contributed by atoms with Gasteiger partial charge in [0.2, 0.25) is 30.1 Å². The second-order valence-electron chi connectivity index (χ2n) is 41.2. The summed E-state index contributed by atoms with van der Waals surface area (Å²) in [5.74, 6) is -0.741. The van der Waals surface area contributed by atoms with Crippen molar-refractivity contribution in [2.45, 2.75) is 206 Å². The number of halogens is 3. The van der Waals surface area contributed by atoms with Crippen LogP contribution >= 0.6 is 34.8 Å². The van der Waals surface area contributed by atoms with Crippen molar-refractivity contribution in [3.05, 3.63) is 211 Å². The molecule has 12 aliphatic rings. The summed E-state index contributed by atoms with van der Waals surface area (Å²) in [5, 5.41) is 35.7. The lowest BCUT2D eigenvalue weighted by atomic mass is 9.64. The number of rotatable bonds is 6. The Kier molecular flexibility index (Phi) is 29.9. The van der Waals surface area contributed by atoms with Gasteiger partial charge >= 0.3 is 0 Å². The molecule has 0 unspecified atom stereocenters. The summed E-state index contributed by atoms with van der Waals surface area (Å²) in [6, 6.07) is 33.7. The first kappa shape index (κ1) is 101. The zero-order valence-corrected chi connectivity index (χ0v) is 85.6. The van der Waals surface area contributed by atoms with Crippen LogP contribution in [0.5, 0.6) is 17.2 Å². The van der Waals surface area contributed by atoms with Crippen molar-refractivity contribution in [2.24, 2.45) is 53.3 Å². The summed E-state index contributed by atoms with van der Waals surface area (Å²) >= 11 is 19.2. The minimum atomic E-state index is -3.99. The molecule has 6 N–H and O–H groups in total. The van der Waals surface area contributed by atoms with Crippen LogP contribution in [-0.4, -0.2) is 199 Å².